The van der Waals surface area contributed by atoms with Gasteiger partial charge in [-0.15, -0.1) is 12.4 Å². The summed E-state index contributed by atoms with van der Waals surface area (Å²) in [5, 5.41) is 40.0. The van der Waals surface area contributed by atoms with Crippen LogP contribution in [-0.4, -0.2) is 46.5 Å². The molecule has 0 radical (unpaired) electrons. The van der Waals surface area contributed by atoms with Crippen LogP contribution in [-0.2, 0) is 0 Å². The van der Waals surface area contributed by atoms with Gasteiger partial charge in [0.15, 0.2) is 5.43 Å². The van der Waals surface area contributed by atoms with Gasteiger partial charge in [-0.25, -0.2) is 0 Å². The summed E-state index contributed by atoms with van der Waals surface area (Å²) in [6.45, 7) is 2.42. The number of rotatable bonds is 3. The molecule has 1 saturated heterocycles. The fourth-order valence-electron chi connectivity index (χ4n) is 4.43. The number of hydrogen-bond acceptors (Lipinski definition) is 7. The number of likely N-dealkylation sites (tertiary alicyclic amines) is 1. The summed E-state index contributed by atoms with van der Waals surface area (Å²) in [5.74, 6) is -0.498. The van der Waals surface area contributed by atoms with Crippen LogP contribution in [0.5, 0.6) is 11.5 Å². The Morgan fingerprint density at radius 2 is 1.97 bits per heavy atom. The zero-order valence-corrected chi connectivity index (χ0v) is 17.9. The molecule has 8 heteroatoms. The average molecular weight is 443 g/mol. The summed E-state index contributed by atoms with van der Waals surface area (Å²) < 4.78 is 6.11. The van der Waals surface area contributed by atoms with Crippen LogP contribution >= 0.6 is 12.4 Å². The molecule has 1 aliphatic rings. The Labute approximate surface area is 185 Å². The van der Waals surface area contributed by atoms with E-state index < -0.39 is 5.43 Å². The Morgan fingerprint density at radius 1 is 1.23 bits per heavy atom. The maximum absolute atomic E-state index is 12.9. The van der Waals surface area contributed by atoms with Crippen molar-refractivity contribution in [1.29, 1.82) is 5.26 Å². The molecule has 3 aromatic rings. The highest BCUT2D eigenvalue weighted by Gasteiger charge is 2.36. The lowest BCUT2D eigenvalue weighted by atomic mass is 9.89. The van der Waals surface area contributed by atoms with E-state index in [0.717, 1.165) is 18.2 Å². The fraction of sp³-hybridized carbons (Fsp3) is 0.304. The molecule has 1 fully saturated rings. The highest BCUT2D eigenvalue weighted by Crippen LogP contribution is 2.44. The Kier molecular flexibility index (Phi) is 6.27. The zero-order valence-electron chi connectivity index (χ0n) is 17.1. The van der Waals surface area contributed by atoms with Gasteiger partial charge in [0.05, 0.1) is 18.2 Å². The van der Waals surface area contributed by atoms with Crippen molar-refractivity contribution in [3.8, 4) is 28.9 Å². The van der Waals surface area contributed by atoms with Gasteiger partial charge >= 0.3 is 0 Å². The van der Waals surface area contributed by atoms with Crippen LogP contribution in [0.25, 0.3) is 22.3 Å². The first kappa shape index (κ1) is 22.6. The number of hydrogen-bond donors (Lipinski definition) is 3. The van der Waals surface area contributed by atoms with Crippen LogP contribution < -0.4 is 5.43 Å². The summed E-state index contributed by atoms with van der Waals surface area (Å²) in [6, 6.07) is 9.35. The second-order valence-corrected chi connectivity index (χ2v) is 7.77. The Hall–Kier alpha value is -3.05. The molecule has 3 N–H and O–H groups in total. The summed E-state index contributed by atoms with van der Waals surface area (Å²) in [6.07, 6.45) is 0.666. The minimum absolute atomic E-state index is 0. The third-order valence-electron chi connectivity index (χ3n) is 6.00. The van der Waals surface area contributed by atoms with Crippen LogP contribution in [0.3, 0.4) is 0 Å². The molecule has 0 unspecified atom stereocenters. The maximum Gasteiger partial charge on any atom is 0.197 e. The number of aromatic hydroxyl groups is 2. The van der Waals surface area contributed by atoms with Gasteiger partial charge in [-0.3, -0.25) is 4.79 Å². The number of nitriles is 1. The molecule has 2 atom stereocenters. The second kappa shape index (κ2) is 8.60. The topological polar surface area (TPSA) is 118 Å². The normalized spacial score (nSPS) is 18.6. The Bertz CT molecular complexity index is 1250. The maximum atomic E-state index is 12.9. The highest BCUT2D eigenvalue weighted by molar-refractivity contribution is 5.90. The number of aliphatic hydroxyl groups is 1. The van der Waals surface area contributed by atoms with Crippen LogP contribution in [0, 0.1) is 18.3 Å². The fourth-order valence-corrected chi connectivity index (χ4v) is 4.43. The number of aryl methyl sites for hydroxylation is 1. The quantitative estimate of drug-likeness (QED) is 0.569. The number of phenolic OH excluding ortho intramolecular Hbond substituents is 2. The predicted octanol–water partition coefficient (Wildman–Crippen LogP) is 3.25. The van der Waals surface area contributed by atoms with Crippen molar-refractivity contribution in [3.63, 3.8) is 0 Å². The zero-order chi connectivity index (χ0) is 21.6. The van der Waals surface area contributed by atoms with E-state index >= 15 is 0 Å². The molecule has 2 heterocycles. The monoisotopic (exact) mass is 442 g/mol. The summed E-state index contributed by atoms with van der Waals surface area (Å²) in [4.78, 5) is 14.9. The lowest BCUT2D eigenvalue weighted by Crippen LogP contribution is -2.32. The molecule has 162 valence electrons. The van der Waals surface area contributed by atoms with Gasteiger partial charge in [-0.1, -0.05) is 0 Å². The van der Waals surface area contributed by atoms with Crippen molar-refractivity contribution in [2.75, 3.05) is 20.2 Å². The van der Waals surface area contributed by atoms with Gasteiger partial charge < -0.3 is 24.6 Å². The van der Waals surface area contributed by atoms with Crippen molar-refractivity contribution in [2.24, 2.45) is 0 Å². The molecular formula is C23H23ClN2O5. The first-order valence-electron chi connectivity index (χ1n) is 9.70. The van der Waals surface area contributed by atoms with Gasteiger partial charge in [0, 0.05) is 35.2 Å². The lowest BCUT2D eigenvalue weighted by molar-refractivity contribution is 0.172. The Morgan fingerprint density at radius 3 is 2.61 bits per heavy atom. The smallest absolute Gasteiger partial charge is 0.197 e. The summed E-state index contributed by atoms with van der Waals surface area (Å²) in [5.41, 5.74) is 2.00. The van der Waals surface area contributed by atoms with Gasteiger partial charge in [0.25, 0.3) is 0 Å². The first-order valence-corrected chi connectivity index (χ1v) is 9.70. The number of halogens is 1. The molecule has 0 spiro atoms. The van der Waals surface area contributed by atoms with Crippen LogP contribution in [0.15, 0.2) is 39.5 Å². The Balaban J connectivity index is 0.00000272. The minimum atomic E-state index is -0.430. The van der Waals surface area contributed by atoms with E-state index in [4.69, 9.17) is 9.68 Å². The van der Waals surface area contributed by atoms with E-state index in [1.165, 1.54) is 6.07 Å². The largest absolute Gasteiger partial charge is 0.507 e. The van der Waals surface area contributed by atoms with Crippen molar-refractivity contribution < 1.29 is 19.7 Å². The van der Waals surface area contributed by atoms with Crippen molar-refractivity contribution in [3.05, 3.63) is 57.2 Å². The molecule has 0 saturated carbocycles. The summed E-state index contributed by atoms with van der Waals surface area (Å²) >= 11 is 0. The van der Waals surface area contributed by atoms with Crippen molar-refractivity contribution in [1.82, 2.24) is 4.90 Å². The van der Waals surface area contributed by atoms with E-state index in [1.807, 2.05) is 18.9 Å². The standard InChI is InChI=1S/C23H22N2O5.ClH/c1-12-7-13(10-24)3-4-14(12)20-9-19(29)22-18(28)8-17(27)21(23(22)30-20)15-5-6-25(2)16(15)11-26;/h3-4,7-9,15-16,26-28H,5-6,11H2,1-2H3;1H/t15-,16+;/m0./s1. The molecule has 0 amide bonds. The second-order valence-electron chi connectivity index (χ2n) is 7.77. The molecule has 7 nitrogen and oxygen atoms in total. The number of nitrogens with zero attached hydrogens (tertiary/aromatic N) is 2. The number of likely N-dealkylation sites (N-methyl/N-ethyl adjacent to an activating group) is 1. The lowest BCUT2D eigenvalue weighted by Gasteiger charge is -2.24. The summed E-state index contributed by atoms with van der Waals surface area (Å²) in [7, 11) is 1.89. The molecule has 0 aliphatic carbocycles. The SMILES string of the molecule is Cc1cc(C#N)ccc1-c1cc(=O)c2c(O)cc(O)c([C@H]3CCN(C)[C@@H]3CO)c2o1.Cl. The van der Waals surface area contributed by atoms with Crippen molar-refractivity contribution >= 4 is 23.4 Å². The van der Waals surface area contributed by atoms with Crippen LogP contribution in [0.4, 0.5) is 0 Å². The van der Waals surface area contributed by atoms with E-state index in [0.29, 0.717) is 23.1 Å². The third-order valence-corrected chi connectivity index (χ3v) is 6.00. The third kappa shape index (κ3) is 3.74. The molecule has 31 heavy (non-hydrogen) atoms. The highest BCUT2D eigenvalue weighted by atomic mass is 35.5. The van der Waals surface area contributed by atoms with Gasteiger partial charge in [0.1, 0.15) is 28.2 Å². The van der Waals surface area contributed by atoms with Gasteiger partial charge in [0.2, 0.25) is 0 Å². The van der Waals surface area contributed by atoms with E-state index in [-0.39, 0.29) is 59.2 Å². The van der Waals surface area contributed by atoms with E-state index in [2.05, 4.69) is 6.07 Å². The number of benzene rings is 2. The molecule has 0 bridgehead atoms. The molecule has 1 aliphatic heterocycles. The van der Waals surface area contributed by atoms with Gasteiger partial charge in [-0.2, -0.15) is 5.26 Å². The minimum Gasteiger partial charge on any atom is -0.507 e. The van der Waals surface area contributed by atoms with Crippen LogP contribution in [0.2, 0.25) is 0 Å². The molecular weight excluding hydrogens is 420 g/mol. The van der Waals surface area contributed by atoms with E-state index in [9.17, 15) is 20.1 Å². The van der Waals surface area contributed by atoms with E-state index in [1.54, 1.807) is 18.2 Å². The number of aliphatic hydroxyl groups excluding tert-OH is 1. The van der Waals surface area contributed by atoms with Gasteiger partial charge in [-0.05, 0) is 50.7 Å². The predicted molar refractivity (Wildman–Crippen MR) is 119 cm³/mol. The van der Waals surface area contributed by atoms with Crippen molar-refractivity contribution in [2.45, 2.75) is 25.3 Å². The number of phenols is 2. The van der Waals surface area contributed by atoms with Crippen LogP contribution in [0.1, 0.15) is 29.0 Å². The average Bonchev–Trinajstić information content (AvgIpc) is 3.07. The number of fused-ring (bicyclic) bond motifs is 1. The molecule has 2 aromatic carbocycles. The molecule has 4 rings (SSSR count). The molecule has 1 aromatic heterocycles. The first-order chi connectivity index (χ1) is 14.3.